The van der Waals surface area contributed by atoms with Gasteiger partial charge in [-0.2, -0.15) is 0 Å². The van der Waals surface area contributed by atoms with Crippen molar-refractivity contribution in [1.29, 1.82) is 0 Å². The Morgan fingerprint density at radius 2 is 2.19 bits per heavy atom. The molecule has 0 aliphatic carbocycles. The summed E-state index contributed by atoms with van der Waals surface area (Å²) in [4.78, 5) is 24.0. The third-order valence-electron chi connectivity index (χ3n) is 2.19. The maximum Gasteiger partial charge on any atom is 0.414 e. The van der Waals surface area contributed by atoms with E-state index in [9.17, 15) is 9.59 Å². The zero-order valence-electron chi connectivity index (χ0n) is 10.3. The van der Waals surface area contributed by atoms with Crippen molar-refractivity contribution in [3.05, 3.63) is 11.8 Å². The molecule has 0 bridgehead atoms. The van der Waals surface area contributed by atoms with Crippen LogP contribution < -0.4 is 0 Å². The predicted molar refractivity (Wildman–Crippen MR) is 60.9 cm³/mol. The number of nitrogens with zero attached hydrogens (tertiary/aromatic N) is 1. The molecule has 4 heteroatoms. The molecule has 1 amide bonds. The summed E-state index contributed by atoms with van der Waals surface area (Å²) in [6, 6.07) is 0. The van der Waals surface area contributed by atoms with Gasteiger partial charge in [-0.3, -0.25) is 9.69 Å². The minimum absolute atomic E-state index is 0.290. The average Bonchev–Trinajstić information content (AvgIpc) is 2.14. The number of aldehydes is 1. The highest BCUT2D eigenvalue weighted by Gasteiger charge is 2.25. The Bertz CT molecular complexity index is 315. The van der Waals surface area contributed by atoms with Gasteiger partial charge < -0.3 is 4.74 Å². The first-order chi connectivity index (χ1) is 7.31. The van der Waals surface area contributed by atoms with Gasteiger partial charge in [-0.05, 0) is 33.1 Å². The van der Waals surface area contributed by atoms with Crippen molar-refractivity contribution in [3.63, 3.8) is 0 Å². The number of amides is 1. The molecule has 0 saturated heterocycles. The van der Waals surface area contributed by atoms with Crippen LogP contribution in [-0.4, -0.2) is 29.4 Å². The van der Waals surface area contributed by atoms with Crippen LogP contribution in [0.2, 0.25) is 0 Å². The number of rotatable bonds is 1. The number of hydrogen-bond donors (Lipinski definition) is 0. The number of allylic oxidation sites excluding steroid dienone is 1. The van der Waals surface area contributed by atoms with Gasteiger partial charge in [-0.1, -0.05) is 6.92 Å². The molecular weight excluding hydrogens is 206 g/mol. The zero-order valence-corrected chi connectivity index (χ0v) is 10.3. The third kappa shape index (κ3) is 3.68. The van der Waals surface area contributed by atoms with Crippen molar-refractivity contribution in [3.8, 4) is 0 Å². The summed E-state index contributed by atoms with van der Waals surface area (Å²) < 4.78 is 5.24. The second-order valence-corrected chi connectivity index (χ2v) is 5.26. The molecule has 90 valence electrons. The van der Waals surface area contributed by atoms with E-state index in [0.29, 0.717) is 12.1 Å². The molecule has 4 nitrogen and oxygen atoms in total. The summed E-state index contributed by atoms with van der Waals surface area (Å²) in [5, 5.41) is 0. The first-order valence-corrected chi connectivity index (χ1v) is 5.47. The maximum absolute atomic E-state index is 11.8. The van der Waals surface area contributed by atoms with Crippen LogP contribution in [0.4, 0.5) is 4.79 Å². The van der Waals surface area contributed by atoms with Crippen molar-refractivity contribution in [1.82, 2.24) is 4.90 Å². The molecule has 0 N–H and O–H groups in total. The van der Waals surface area contributed by atoms with Crippen molar-refractivity contribution in [2.24, 2.45) is 5.92 Å². The van der Waals surface area contributed by atoms with E-state index in [1.807, 2.05) is 27.7 Å². The van der Waals surface area contributed by atoms with Crippen molar-refractivity contribution in [2.75, 3.05) is 6.54 Å². The maximum atomic E-state index is 11.8. The van der Waals surface area contributed by atoms with Crippen LogP contribution in [-0.2, 0) is 9.53 Å². The second-order valence-electron chi connectivity index (χ2n) is 5.26. The van der Waals surface area contributed by atoms with Gasteiger partial charge in [-0.15, -0.1) is 0 Å². The lowest BCUT2D eigenvalue weighted by Gasteiger charge is -2.30. The summed E-state index contributed by atoms with van der Waals surface area (Å²) in [7, 11) is 0. The molecule has 1 aliphatic rings. The fraction of sp³-hybridized carbons (Fsp3) is 0.667. The highest BCUT2D eigenvalue weighted by molar-refractivity contribution is 5.76. The molecule has 1 unspecified atom stereocenters. The SMILES string of the molecule is CC1CC(C=O)=CN(C(=O)OC(C)(C)C)C1. The van der Waals surface area contributed by atoms with Crippen LogP contribution >= 0.6 is 0 Å². The smallest absolute Gasteiger partial charge is 0.414 e. The van der Waals surface area contributed by atoms with Crippen molar-refractivity contribution >= 4 is 12.4 Å². The molecule has 1 atom stereocenters. The number of carbonyl (C=O) groups excluding carboxylic acids is 2. The lowest BCUT2D eigenvalue weighted by molar-refractivity contribution is -0.105. The quantitative estimate of drug-likeness (QED) is 0.643. The summed E-state index contributed by atoms with van der Waals surface area (Å²) in [5.74, 6) is 0.290. The first kappa shape index (κ1) is 12.7. The molecule has 0 fully saturated rings. The van der Waals surface area contributed by atoms with E-state index in [1.54, 1.807) is 6.20 Å². The topological polar surface area (TPSA) is 46.6 Å². The Kier molecular flexibility index (Phi) is 3.73. The molecule has 0 aromatic rings. The Morgan fingerprint density at radius 1 is 1.56 bits per heavy atom. The van der Waals surface area contributed by atoms with Gasteiger partial charge in [0, 0.05) is 18.3 Å². The summed E-state index contributed by atoms with van der Waals surface area (Å²) in [6.07, 6.45) is 2.72. The molecule has 1 heterocycles. The minimum atomic E-state index is -0.507. The fourth-order valence-electron chi connectivity index (χ4n) is 1.63. The van der Waals surface area contributed by atoms with Crippen LogP contribution in [0.3, 0.4) is 0 Å². The highest BCUT2D eigenvalue weighted by Crippen LogP contribution is 2.20. The van der Waals surface area contributed by atoms with E-state index in [2.05, 4.69) is 0 Å². The van der Waals surface area contributed by atoms with Crippen LogP contribution in [0.25, 0.3) is 0 Å². The van der Waals surface area contributed by atoms with E-state index in [-0.39, 0.29) is 5.92 Å². The van der Waals surface area contributed by atoms with Crippen LogP contribution in [0.1, 0.15) is 34.1 Å². The predicted octanol–water partition coefficient (Wildman–Crippen LogP) is 2.35. The monoisotopic (exact) mass is 225 g/mol. The van der Waals surface area contributed by atoms with Crippen LogP contribution in [0, 0.1) is 5.92 Å². The van der Waals surface area contributed by atoms with Gasteiger partial charge in [0.15, 0.2) is 0 Å². The molecule has 16 heavy (non-hydrogen) atoms. The van der Waals surface area contributed by atoms with Crippen molar-refractivity contribution < 1.29 is 14.3 Å². The number of ether oxygens (including phenoxy) is 1. The molecule has 0 aromatic carbocycles. The van der Waals surface area contributed by atoms with E-state index in [0.717, 1.165) is 12.7 Å². The van der Waals surface area contributed by atoms with Gasteiger partial charge in [-0.25, -0.2) is 4.79 Å². The first-order valence-electron chi connectivity index (χ1n) is 5.47. The average molecular weight is 225 g/mol. The Balaban J connectivity index is 2.72. The standard InChI is InChI=1S/C12H19NO3/c1-9-5-10(8-14)7-13(6-9)11(15)16-12(2,3)4/h7-9H,5-6H2,1-4H3. The van der Waals surface area contributed by atoms with Crippen LogP contribution in [0.5, 0.6) is 0 Å². The molecule has 1 aliphatic heterocycles. The summed E-state index contributed by atoms with van der Waals surface area (Å²) >= 11 is 0. The van der Waals surface area contributed by atoms with Gasteiger partial charge in [0.25, 0.3) is 0 Å². The van der Waals surface area contributed by atoms with Gasteiger partial charge in [0.2, 0.25) is 0 Å². The van der Waals surface area contributed by atoms with Crippen LogP contribution in [0.15, 0.2) is 11.8 Å². The molecule has 0 aromatic heterocycles. The number of hydrogen-bond acceptors (Lipinski definition) is 3. The lowest BCUT2D eigenvalue weighted by Crippen LogP contribution is -2.38. The van der Waals surface area contributed by atoms with Gasteiger partial charge in [0.1, 0.15) is 11.9 Å². The Hall–Kier alpha value is -1.32. The highest BCUT2D eigenvalue weighted by atomic mass is 16.6. The van der Waals surface area contributed by atoms with E-state index in [1.165, 1.54) is 4.90 Å². The molecule has 0 saturated carbocycles. The number of carbonyl (C=O) groups is 2. The zero-order chi connectivity index (χ0) is 12.3. The van der Waals surface area contributed by atoms with E-state index < -0.39 is 11.7 Å². The minimum Gasteiger partial charge on any atom is -0.443 e. The molecule has 0 spiro atoms. The van der Waals surface area contributed by atoms with Gasteiger partial charge in [0.05, 0.1) is 0 Å². The molecule has 0 radical (unpaired) electrons. The second kappa shape index (κ2) is 4.68. The molecule has 1 rings (SSSR count). The van der Waals surface area contributed by atoms with E-state index >= 15 is 0 Å². The largest absolute Gasteiger partial charge is 0.443 e. The third-order valence-corrected chi connectivity index (χ3v) is 2.19. The van der Waals surface area contributed by atoms with Crippen molar-refractivity contribution in [2.45, 2.75) is 39.7 Å². The lowest BCUT2D eigenvalue weighted by atomic mass is 9.99. The van der Waals surface area contributed by atoms with Gasteiger partial charge >= 0.3 is 6.09 Å². The fourth-order valence-corrected chi connectivity index (χ4v) is 1.63. The summed E-state index contributed by atoms with van der Waals surface area (Å²) in [6.45, 7) is 8.08. The normalized spacial score (nSPS) is 21.4. The van der Waals surface area contributed by atoms with E-state index in [4.69, 9.17) is 4.74 Å². The Labute approximate surface area is 96.3 Å². The Morgan fingerprint density at radius 3 is 2.69 bits per heavy atom. The summed E-state index contributed by atoms with van der Waals surface area (Å²) in [5.41, 5.74) is 0.136. The molecular formula is C12H19NO3.